The van der Waals surface area contributed by atoms with Crippen LogP contribution in [-0.2, 0) is 11.3 Å². The topological polar surface area (TPSA) is 110 Å². The van der Waals surface area contributed by atoms with Crippen molar-refractivity contribution in [3.63, 3.8) is 0 Å². The molecule has 1 atom stereocenters. The number of nitrogens with one attached hydrogen (secondary N) is 1. The fourth-order valence-corrected chi connectivity index (χ4v) is 3.51. The van der Waals surface area contributed by atoms with Crippen LogP contribution in [0.1, 0.15) is 41.7 Å². The van der Waals surface area contributed by atoms with Crippen LogP contribution in [-0.4, -0.2) is 52.2 Å². The summed E-state index contributed by atoms with van der Waals surface area (Å²) < 4.78 is 1.31. The van der Waals surface area contributed by atoms with Crippen LogP contribution in [0, 0.1) is 0 Å². The van der Waals surface area contributed by atoms with Gasteiger partial charge in [-0.3, -0.25) is 14.4 Å². The van der Waals surface area contributed by atoms with Crippen molar-refractivity contribution < 1.29 is 9.59 Å². The first kappa shape index (κ1) is 23.6. The number of nitrogens with two attached hydrogens (primary N) is 1. The Balaban J connectivity index is 0.00000320. The average molecular weight is 434 g/mol. The molecule has 1 fully saturated rings. The number of hydrogen-bond donors (Lipinski definition) is 2. The zero-order chi connectivity index (χ0) is 20.6. The van der Waals surface area contributed by atoms with E-state index in [2.05, 4.69) is 10.4 Å². The standard InChI is InChI=1S/C21H27N5O3.ClH/c22-12-11-19(27)23-14-17-8-4-5-13-25(17)21(29)18-9-10-20(28)26(24-18)15-16-6-2-1-3-7-16;/h1-3,6-7,9-10,17H,4-5,8,11-15,22H2,(H,23,27);1H. The van der Waals surface area contributed by atoms with Crippen molar-refractivity contribution in [2.75, 3.05) is 19.6 Å². The van der Waals surface area contributed by atoms with Crippen LogP contribution in [0.25, 0.3) is 0 Å². The van der Waals surface area contributed by atoms with Crippen molar-refractivity contribution in [3.8, 4) is 0 Å². The Bertz CT molecular complexity index is 903. The quantitative estimate of drug-likeness (QED) is 0.681. The summed E-state index contributed by atoms with van der Waals surface area (Å²) in [7, 11) is 0. The lowest BCUT2D eigenvalue weighted by molar-refractivity contribution is -0.121. The number of hydrogen-bond acceptors (Lipinski definition) is 5. The van der Waals surface area contributed by atoms with Crippen molar-refractivity contribution in [2.24, 2.45) is 5.73 Å². The predicted molar refractivity (Wildman–Crippen MR) is 117 cm³/mol. The van der Waals surface area contributed by atoms with E-state index in [-0.39, 0.29) is 47.9 Å². The highest BCUT2D eigenvalue weighted by molar-refractivity contribution is 5.92. The van der Waals surface area contributed by atoms with Gasteiger partial charge in [0.25, 0.3) is 11.5 Å². The second-order valence-electron chi connectivity index (χ2n) is 7.19. The van der Waals surface area contributed by atoms with Crippen molar-refractivity contribution in [3.05, 3.63) is 64.1 Å². The summed E-state index contributed by atoms with van der Waals surface area (Å²) >= 11 is 0. The number of carbonyl (C=O) groups is 2. The number of rotatable bonds is 7. The molecule has 2 amide bonds. The van der Waals surface area contributed by atoms with Crippen molar-refractivity contribution >= 4 is 24.2 Å². The number of likely N-dealkylation sites (tertiary alicyclic amines) is 1. The van der Waals surface area contributed by atoms with Gasteiger partial charge in [0, 0.05) is 38.2 Å². The predicted octanol–water partition coefficient (Wildman–Crippen LogP) is 1.17. The number of nitrogens with zero attached hydrogens (tertiary/aromatic N) is 3. The van der Waals surface area contributed by atoms with Gasteiger partial charge in [0.05, 0.1) is 6.54 Å². The van der Waals surface area contributed by atoms with Crippen LogP contribution in [0.3, 0.4) is 0 Å². The van der Waals surface area contributed by atoms with Crippen LogP contribution in [0.4, 0.5) is 0 Å². The number of piperidine rings is 1. The Morgan fingerprint density at radius 3 is 2.63 bits per heavy atom. The second kappa shape index (κ2) is 11.5. The summed E-state index contributed by atoms with van der Waals surface area (Å²) in [4.78, 5) is 38.8. The van der Waals surface area contributed by atoms with E-state index < -0.39 is 0 Å². The second-order valence-corrected chi connectivity index (χ2v) is 7.19. The highest BCUT2D eigenvalue weighted by Crippen LogP contribution is 2.18. The molecule has 1 aliphatic rings. The first-order valence-electron chi connectivity index (χ1n) is 9.98. The molecule has 2 heterocycles. The average Bonchev–Trinajstić information content (AvgIpc) is 2.74. The Morgan fingerprint density at radius 1 is 1.13 bits per heavy atom. The molecule has 1 aromatic heterocycles. The minimum Gasteiger partial charge on any atom is -0.354 e. The molecule has 1 unspecified atom stereocenters. The van der Waals surface area contributed by atoms with Crippen molar-refractivity contribution in [2.45, 2.75) is 38.3 Å². The molecule has 8 nitrogen and oxygen atoms in total. The molecule has 3 N–H and O–H groups in total. The molecule has 2 aromatic rings. The third-order valence-corrected chi connectivity index (χ3v) is 5.06. The lowest BCUT2D eigenvalue weighted by Crippen LogP contribution is -2.50. The lowest BCUT2D eigenvalue weighted by Gasteiger charge is -2.35. The fourth-order valence-electron chi connectivity index (χ4n) is 3.51. The van der Waals surface area contributed by atoms with Gasteiger partial charge in [-0.05, 0) is 30.9 Å². The van der Waals surface area contributed by atoms with Gasteiger partial charge in [0.1, 0.15) is 5.69 Å². The monoisotopic (exact) mass is 433 g/mol. The minimum absolute atomic E-state index is 0. The molecule has 1 aromatic carbocycles. The van der Waals surface area contributed by atoms with Gasteiger partial charge in [0.15, 0.2) is 0 Å². The van der Waals surface area contributed by atoms with Crippen LogP contribution >= 0.6 is 12.4 Å². The molecule has 0 bridgehead atoms. The van der Waals surface area contributed by atoms with Crippen molar-refractivity contribution in [1.29, 1.82) is 0 Å². The number of amides is 2. The first-order valence-corrected chi connectivity index (χ1v) is 9.98. The first-order chi connectivity index (χ1) is 14.1. The highest BCUT2D eigenvalue weighted by Gasteiger charge is 2.28. The number of aromatic nitrogens is 2. The zero-order valence-corrected chi connectivity index (χ0v) is 17.6. The smallest absolute Gasteiger partial charge is 0.274 e. The van der Waals surface area contributed by atoms with Gasteiger partial charge in [0.2, 0.25) is 5.91 Å². The molecule has 30 heavy (non-hydrogen) atoms. The van der Waals surface area contributed by atoms with Gasteiger partial charge in [-0.15, -0.1) is 12.4 Å². The fraction of sp³-hybridized carbons (Fsp3) is 0.429. The van der Waals surface area contributed by atoms with Crippen LogP contribution < -0.4 is 16.6 Å². The van der Waals surface area contributed by atoms with E-state index in [0.29, 0.717) is 26.2 Å². The molecule has 0 aliphatic carbocycles. The Morgan fingerprint density at radius 2 is 1.90 bits per heavy atom. The molecule has 162 valence electrons. The maximum Gasteiger partial charge on any atom is 0.274 e. The van der Waals surface area contributed by atoms with Crippen molar-refractivity contribution in [1.82, 2.24) is 20.0 Å². The molecular formula is C21H28ClN5O3. The maximum absolute atomic E-state index is 13.1. The van der Waals surface area contributed by atoms with Gasteiger partial charge in [-0.2, -0.15) is 5.10 Å². The number of benzene rings is 1. The third-order valence-electron chi connectivity index (χ3n) is 5.06. The lowest BCUT2D eigenvalue weighted by atomic mass is 10.0. The summed E-state index contributed by atoms with van der Waals surface area (Å²) in [5.41, 5.74) is 6.33. The summed E-state index contributed by atoms with van der Waals surface area (Å²) in [6, 6.07) is 12.3. The van der Waals surface area contributed by atoms with Gasteiger partial charge >= 0.3 is 0 Å². The molecular weight excluding hydrogens is 406 g/mol. The number of halogens is 1. The molecule has 0 saturated carbocycles. The van der Waals surface area contributed by atoms with E-state index in [1.54, 1.807) is 4.90 Å². The summed E-state index contributed by atoms with van der Waals surface area (Å²) in [5.74, 6) is -0.329. The summed E-state index contributed by atoms with van der Waals surface area (Å²) in [6.45, 7) is 1.61. The third kappa shape index (κ3) is 6.14. The summed E-state index contributed by atoms with van der Waals surface area (Å²) in [6.07, 6.45) is 3.00. The SMILES string of the molecule is Cl.NCCC(=O)NCC1CCCCN1C(=O)c1ccc(=O)n(Cc2ccccc2)n1. The summed E-state index contributed by atoms with van der Waals surface area (Å²) in [5, 5.41) is 7.17. The van der Waals surface area contributed by atoms with Crippen LogP contribution in [0.15, 0.2) is 47.3 Å². The molecule has 3 rings (SSSR count). The largest absolute Gasteiger partial charge is 0.354 e. The van der Waals surface area contributed by atoms with E-state index >= 15 is 0 Å². The van der Waals surface area contributed by atoms with Gasteiger partial charge < -0.3 is 16.0 Å². The van der Waals surface area contributed by atoms with Gasteiger partial charge in [-0.25, -0.2) is 4.68 Å². The van der Waals surface area contributed by atoms with Gasteiger partial charge in [-0.1, -0.05) is 30.3 Å². The van der Waals surface area contributed by atoms with E-state index in [4.69, 9.17) is 5.73 Å². The molecule has 9 heteroatoms. The molecule has 1 aliphatic heterocycles. The van der Waals surface area contributed by atoms with E-state index in [1.165, 1.54) is 16.8 Å². The maximum atomic E-state index is 13.1. The zero-order valence-electron chi connectivity index (χ0n) is 16.8. The van der Waals surface area contributed by atoms with E-state index in [9.17, 15) is 14.4 Å². The van der Waals surface area contributed by atoms with E-state index in [1.807, 2.05) is 30.3 Å². The Labute approximate surface area is 181 Å². The normalized spacial score (nSPS) is 15.9. The van der Waals surface area contributed by atoms with E-state index in [0.717, 1.165) is 24.8 Å². The minimum atomic E-state index is -0.255. The van der Waals surface area contributed by atoms with Crippen LogP contribution in [0.2, 0.25) is 0 Å². The molecule has 1 saturated heterocycles. The number of carbonyl (C=O) groups excluding carboxylic acids is 2. The van der Waals surface area contributed by atoms with Crippen LogP contribution in [0.5, 0.6) is 0 Å². The molecule has 0 radical (unpaired) electrons. The Kier molecular flexibility index (Phi) is 9.01. The highest BCUT2D eigenvalue weighted by atomic mass is 35.5. The molecule has 0 spiro atoms. The Hall–Kier alpha value is -2.71.